The molecule has 0 saturated heterocycles. The molecule has 6 heteroatoms. The smallest absolute Gasteiger partial charge is 0.275 e. The van der Waals surface area contributed by atoms with Crippen LogP contribution < -0.4 is 10.2 Å². The summed E-state index contributed by atoms with van der Waals surface area (Å²) >= 11 is 3.56. The lowest BCUT2D eigenvalue weighted by Gasteiger charge is -2.19. The summed E-state index contributed by atoms with van der Waals surface area (Å²) in [5.41, 5.74) is 2.36. The number of nitrogens with one attached hydrogen (secondary N) is 2. The molecule has 0 radical (unpaired) electrons. The zero-order valence-corrected chi connectivity index (χ0v) is 17.4. The molecule has 1 heterocycles. The quantitative estimate of drug-likeness (QED) is 0.543. The summed E-state index contributed by atoms with van der Waals surface area (Å²) in [5.74, 6) is 2.00. The molecule has 142 valence electrons. The number of benzene rings is 2. The van der Waals surface area contributed by atoms with Crippen LogP contribution in [-0.4, -0.2) is 36.8 Å². The van der Waals surface area contributed by atoms with E-state index >= 15 is 0 Å². The summed E-state index contributed by atoms with van der Waals surface area (Å²) in [6.45, 7) is 3.30. The molecule has 0 spiro atoms. The Balaban J connectivity index is 1.39. The minimum absolute atomic E-state index is 0.0979. The molecule has 0 aliphatic heterocycles. The number of amides is 1. The van der Waals surface area contributed by atoms with Gasteiger partial charge in [0, 0.05) is 18.1 Å². The minimum Gasteiger partial charge on any atom is -0.350 e. The molecule has 3 aromatic rings. The van der Waals surface area contributed by atoms with Crippen molar-refractivity contribution in [2.24, 2.45) is 0 Å². The van der Waals surface area contributed by atoms with Gasteiger partial charge >= 0.3 is 0 Å². The number of quaternary nitrogens is 1. The van der Waals surface area contributed by atoms with Gasteiger partial charge in [-0.2, -0.15) is 11.8 Å². The number of hydrogen-bond donors (Lipinski definition) is 2. The SMILES string of the molecule is C[C@H](c1nc2ccccc2s1)[NH+](C)CC(=O)NCCSCc1ccccc1. The highest BCUT2D eigenvalue weighted by Crippen LogP contribution is 2.24. The van der Waals surface area contributed by atoms with Crippen molar-refractivity contribution in [2.45, 2.75) is 18.7 Å². The van der Waals surface area contributed by atoms with Gasteiger partial charge in [0.2, 0.25) is 0 Å². The molecule has 0 saturated carbocycles. The highest BCUT2D eigenvalue weighted by molar-refractivity contribution is 7.98. The van der Waals surface area contributed by atoms with Crippen molar-refractivity contribution < 1.29 is 9.69 Å². The highest BCUT2D eigenvalue weighted by Gasteiger charge is 2.21. The number of carbonyl (C=O) groups is 1. The second-order valence-electron chi connectivity index (χ2n) is 6.65. The zero-order chi connectivity index (χ0) is 19.1. The first-order valence-electron chi connectivity index (χ1n) is 9.19. The molecule has 0 aliphatic rings. The minimum atomic E-state index is 0.0979. The topological polar surface area (TPSA) is 46.4 Å². The van der Waals surface area contributed by atoms with Crippen molar-refractivity contribution in [1.82, 2.24) is 10.3 Å². The van der Waals surface area contributed by atoms with Crippen LogP contribution in [0.4, 0.5) is 0 Å². The van der Waals surface area contributed by atoms with E-state index in [1.54, 1.807) is 11.3 Å². The fourth-order valence-corrected chi connectivity index (χ4v) is 4.71. The second kappa shape index (κ2) is 9.88. The van der Waals surface area contributed by atoms with Gasteiger partial charge in [0.05, 0.1) is 17.3 Å². The molecule has 0 bridgehead atoms. The van der Waals surface area contributed by atoms with Gasteiger partial charge in [-0.25, -0.2) is 4.98 Å². The summed E-state index contributed by atoms with van der Waals surface area (Å²) < 4.78 is 1.20. The Bertz CT molecular complexity index is 833. The number of thiazole rings is 1. The molecular formula is C21H26N3OS2+. The Morgan fingerprint density at radius 3 is 2.70 bits per heavy atom. The highest BCUT2D eigenvalue weighted by atomic mass is 32.2. The Hall–Kier alpha value is -1.89. The van der Waals surface area contributed by atoms with Crippen molar-refractivity contribution in [2.75, 3.05) is 25.9 Å². The summed E-state index contributed by atoms with van der Waals surface area (Å²) in [7, 11) is 2.06. The number of carbonyl (C=O) groups excluding carboxylic acids is 1. The molecule has 0 aliphatic carbocycles. The van der Waals surface area contributed by atoms with E-state index in [1.807, 2.05) is 36.0 Å². The third-order valence-corrected chi connectivity index (χ3v) is 6.79. The Kier molecular flexibility index (Phi) is 7.26. The van der Waals surface area contributed by atoms with E-state index in [4.69, 9.17) is 4.98 Å². The number of likely N-dealkylation sites (N-methyl/N-ethyl adjacent to an activating group) is 1. The number of rotatable bonds is 9. The van der Waals surface area contributed by atoms with Gasteiger partial charge in [0.25, 0.3) is 5.91 Å². The molecule has 27 heavy (non-hydrogen) atoms. The van der Waals surface area contributed by atoms with E-state index in [1.165, 1.54) is 10.3 Å². The molecule has 1 unspecified atom stereocenters. The molecule has 2 atom stereocenters. The first-order valence-corrected chi connectivity index (χ1v) is 11.2. The van der Waals surface area contributed by atoms with Crippen LogP contribution in [0.2, 0.25) is 0 Å². The number of aromatic nitrogens is 1. The molecule has 3 rings (SSSR count). The normalized spacial score (nSPS) is 13.4. The van der Waals surface area contributed by atoms with E-state index in [9.17, 15) is 4.79 Å². The number of thioether (sulfide) groups is 1. The van der Waals surface area contributed by atoms with Gasteiger partial charge < -0.3 is 10.2 Å². The summed E-state index contributed by atoms with van der Waals surface area (Å²) in [6, 6.07) is 18.8. The van der Waals surface area contributed by atoms with E-state index < -0.39 is 0 Å². The standard InChI is InChI=1S/C21H25N3OS2/c1-16(21-23-18-10-6-7-11-19(18)27-21)24(2)14-20(25)22-12-13-26-15-17-8-4-3-5-9-17/h3-11,16H,12-15H2,1-2H3,(H,22,25)/p+1/t16-/m1/s1. The maximum absolute atomic E-state index is 12.2. The lowest BCUT2D eigenvalue weighted by atomic mass is 10.2. The summed E-state index contributed by atoms with van der Waals surface area (Å²) in [5, 5.41) is 4.12. The van der Waals surface area contributed by atoms with E-state index in [0.717, 1.165) is 26.9 Å². The van der Waals surface area contributed by atoms with Crippen molar-refractivity contribution in [3.63, 3.8) is 0 Å². The zero-order valence-electron chi connectivity index (χ0n) is 15.8. The third kappa shape index (κ3) is 5.79. The second-order valence-corrected chi connectivity index (χ2v) is 8.82. The Labute approximate surface area is 169 Å². The monoisotopic (exact) mass is 400 g/mol. The third-order valence-electron chi connectivity index (χ3n) is 4.54. The van der Waals surface area contributed by atoms with Crippen LogP contribution in [0.5, 0.6) is 0 Å². The van der Waals surface area contributed by atoms with Crippen LogP contribution in [0.3, 0.4) is 0 Å². The first kappa shape index (κ1) is 19.9. The van der Waals surface area contributed by atoms with Gasteiger partial charge in [-0.3, -0.25) is 4.79 Å². The average molecular weight is 401 g/mol. The average Bonchev–Trinajstić information content (AvgIpc) is 3.12. The molecule has 1 aromatic heterocycles. The molecular weight excluding hydrogens is 374 g/mol. The van der Waals surface area contributed by atoms with Gasteiger partial charge in [0.1, 0.15) is 6.04 Å². The van der Waals surface area contributed by atoms with Crippen LogP contribution in [-0.2, 0) is 10.5 Å². The lowest BCUT2D eigenvalue weighted by molar-refractivity contribution is -0.902. The molecule has 1 amide bonds. The number of nitrogens with zero attached hydrogens (tertiary/aromatic N) is 1. The van der Waals surface area contributed by atoms with Crippen molar-refractivity contribution in [3.05, 3.63) is 65.2 Å². The number of hydrogen-bond acceptors (Lipinski definition) is 4. The van der Waals surface area contributed by atoms with Crippen molar-refractivity contribution >= 4 is 39.2 Å². The molecule has 2 aromatic carbocycles. The van der Waals surface area contributed by atoms with Crippen LogP contribution in [0.1, 0.15) is 23.5 Å². The number of para-hydroxylation sites is 1. The van der Waals surface area contributed by atoms with Gasteiger partial charge in [-0.15, -0.1) is 11.3 Å². The first-order chi connectivity index (χ1) is 13.1. The van der Waals surface area contributed by atoms with Crippen molar-refractivity contribution in [1.29, 1.82) is 0 Å². The molecule has 0 fully saturated rings. The fourth-order valence-electron chi connectivity index (χ4n) is 2.78. The Morgan fingerprint density at radius 1 is 1.19 bits per heavy atom. The Morgan fingerprint density at radius 2 is 1.93 bits per heavy atom. The maximum Gasteiger partial charge on any atom is 0.275 e. The van der Waals surface area contributed by atoms with Gasteiger partial charge in [-0.1, -0.05) is 42.5 Å². The van der Waals surface area contributed by atoms with E-state index in [-0.39, 0.29) is 11.9 Å². The van der Waals surface area contributed by atoms with Crippen LogP contribution >= 0.6 is 23.1 Å². The fraction of sp³-hybridized carbons (Fsp3) is 0.333. The largest absolute Gasteiger partial charge is 0.350 e. The lowest BCUT2D eigenvalue weighted by Crippen LogP contribution is -3.10. The number of fused-ring (bicyclic) bond motifs is 1. The van der Waals surface area contributed by atoms with Crippen LogP contribution in [0.15, 0.2) is 54.6 Å². The molecule has 4 nitrogen and oxygen atoms in total. The van der Waals surface area contributed by atoms with Gasteiger partial charge in [0.15, 0.2) is 11.6 Å². The van der Waals surface area contributed by atoms with Gasteiger partial charge in [-0.05, 0) is 24.6 Å². The van der Waals surface area contributed by atoms with Crippen molar-refractivity contribution in [3.8, 4) is 0 Å². The summed E-state index contributed by atoms with van der Waals surface area (Å²) in [6.07, 6.45) is 0. The van der Waals surface area contributed by atoms with Crippen LogP contribution in [0, 0.1) is 0 Å². The summed E-state index contributed by atoms with van der Waals surface area (Å²) in [4.78, 5) is 18.1. The van der Waals surface area contributed by atoms with Crippen LogP contribution in [0.25, 0.3) is 10.2 Å². The van der Waals surface area contributed by atoms with E-state index in [0.29, 0.717) is 13.1 Å². The molecule has 2 N–H and O–H groups in total. The maximum atomic E-state index is 12.2. The predicted octanol–water partition coefficient (Wildman–Crippen LogP) is 2.92. The predicted molar refractivity (Wildman–Crippen MR) is 115 cm³/mol. The van der Waals surface area contributed by atoms with E-state index in [2.05, 4.69) is 49.6 Å².